The molecule has 0 saturated heterocycles. The van der Waals surface area contributed by atoms with Crippen molar-refractivity contribution in [2.45, 2.75) is 30.2 Å². The van der Waals surface area contributed by atoms with Gasteiger partial charge >= 0.3 is 0 Å². The lowest BCUT2D eigenvalue weighted by atomic mass is 9.85. The molecule has 0 spiro atoms. The highest BCUT2D eigenvalue weighted by Gasteiger charge is 2.44. The molecule has 0 N–H and O–H groups in total. The smallest absolute Gasteiger partial charge is 0.0659 e. The van der Waals surface area contributed by atoms with E-state index in [2.05, 4.69) is 71.1 Å². The second-order valence-corrected chi connectivity index (χ2v) is 7.51. The van der Waals surface area contributed by atoms with Gasteiger partial charge in [-0.05, 0) is 48.4 Å². The first kappa shape index (κ1) is 13.5. The molecule has 2 aromatic carbocycles. The van der Waals surface area contributed by atoms with Crippen LogP contribution in [0.1, 0.15) is 30.4 Å². The summed E-state index contributed by atoms with van der Waals surface area (Å²) in [4.78, 5) is 1.40. The van der Waals surface area contributed by atoms with Gasteiger partial charge in [-0.25, -0.2) is 0 Å². The zero-order valence-electron chi connectivity index (χ0n) is 13.0. The average molecular weight is 317 g/mol. The number of rotatable bonds is 1. The van der Waals surface area contributed by atoms with Crippen LogP contribution in [0.5, 0.6) is 0 Å². The first-order valence-corrected chi connectivity index (χ1v) is 9.24. The summed E-state index contributed by atoms with van der Waals surface area (Å²) in [6.07, 6.45) is 8.63. The largest absolute Gasteiger partial charge is 0.304 e. The number of fused-ring (bicyclic) bond motifs is 5. The molecule has 2 aliphatic heterocycles. The lowest BCUT2D eigenvalue weighted by molar-refractivity contribution is 0.450. The molecule has 0 saturated carbocycles. The fraction of sp³-hybridized carbons (Fsp3) is 0.238. The highest BCUT2D eigenvalue weighted by atomic mass is 32.2. The Morgan fingerprint density at radius 2 is 1.78 bits per heavy atom. The van der Waals surface area contributed by atoms with Gasteiger partial charge in [-0.1, -0.05) is 60.7 Å². The van der Waals surface area contributed by atoms with Crippen molar-refractivity contribution in [1.82, 2.24) is 4.31 Å². The zero-order valence-corrected chi connectivity index (χ0v) is 13.8. The minimum atomic E-state index is 0.500. The van der Waals surface area contributed by atoms with E-state index in [0.717, 1.165) is 0 Å². The third-order valence-electron chi connectivity index (χ3n) is 5.17. The molecule has 114 valence electrons. The fourth-order valence-corrected chi connectivity index (χ4v) is 5.42. The zero-order chi connectivity index (χ0) is 15.2. The van der Waals surface area contributed by atoms with Gasteiger partial charge in [0.25, 0.3) is 0 Å². The minimum Gasteiger partial charge on any atom is -0.304 e. The average Bonchev–Trinajstić information content (AvgIpc) is 2.99. The Hall–Kier alpha value is -1.93. The fourth-order valence-electron chi connectivity index (χ4n) is 4.18. The third kappa shape index (κ3) is 2.01. The molecule has 5 rings (SSSR count). The van der Waals surface area contributed by atoms with Crippen LogP contribution in [0.2, 0.25) is 0 Å². The predicted octanol–water partition coefficient (Wildman–Crippen LogP) is 5.62. The van der Waals surface area contributed by atoms with E-state index in [1.807, 2.05) is 11.9 Å². The Morgan fingerprint density at radius 3 is 2.70 bits per heavy atom. The van der Waals surface area contributed by atoms with Crippen LogP contribution in [0.25, 0.3) is 11.3 Å². The number of hydrogen-bond donors (Lipinski definition) is 0. The van der Waals surface area contributed by atoms with Gasteiger partial charge in [-0.15, -0.1) is 0 Å². The maximum atomic E-state index is 2.57. The van der Waals surface area contributed by atoms with Gasteiger partial charge in [0, 0.05) is 16.4 Å². The van der Waals surface area contributed by atoms with E-state index in [9.17, 15) is 0 Å². The van der Waals surface area contributed by atoms with Crippen LogP contribution in [-0.2, 0) is 0 Å². The van der Waals surface area contributed by atoms with Gasteiger partial charge in [-0.2, -0.15) is 0 Å². The summed E-state index contributed by atoms with van der Waals surface area (Å²) < 4.78 is 2.57. The van der Waals surface area contributed by atoms with Crippen molar-refractivity contribution >= 4 is 23.2 Å². The lowest BCUT2D eigenvalue weighted by Crippen LogP contribution is -2.24. The molecule has 0 aromatic heterocycles. The van der Waals surface area contributed by atoms with E-state index in [-0.39, 0.29) is 0 Å². The molecule has 1 nitrogen and oxygen atoms in total. The molecule has 0 radical (unpaired) electrons. The van der Waals surface area contributed by atoms with Gasteiger partial charge in [0.15, 0.2) is 0 Å². The van der Waals surface area contributed by atoms with E-state index in [1.54, 1.807) is 5.57 Å². The van der Waals surface area contributed by atoms with Gasteiger partial charge < -0.3 is 4.31 Å². The summed E-state index contributed by atoms with van der Waals surface area (Å²) in [6.45, 7) is 0. The second-order valence-electron chi connectivity index (χ2n) is 6.50. The van der Waals surface area contributed by atoms with E-state index >= 15 is 0 Å². The molecule has 2 heteroatoms. The molecule has 0 amide bonds. The van der Waals surface area contributed by atoms with Crippen LogP contribution in [0.15, 0.2) is 71.6 Å². The molecule has 23 heavy (non-hydrogen) atoms. The first-order valence-electron chi connectivity index (χ1n) is 8.46. The number of benzene rings is 2. The monoisotopic (exact) mass is 317 g/mol. The standard InChI is InChI=1S/C21H19NS/c1-3-9-15(10-4-1)20-16-11-5-2-6-13-18(16)22-21(20)17-12-7-8-14-19(17)23-22/h1,3-4,6-10,12-14,16,18H,2,5,11H2/t16-,18+/m1/s1. The molecule has 2 heterocycles. The van der Waals surface area contributed by atoms with Crippen LogP contribution >= 0.6 is 11.9 Å². The van der Waals surface area contributed by atoms with Gasteiger partial charge in [0.05, 0.1) is 11.7 Å². The molecule has 1 aliphatic carbocycles. The summed E-state index contributed by atoms with van der Waals surface area (Å²) in [5, 5.41) is 0. The number of hydrogen-bond acceptors (Lipinski definition) is 2. The van der Waals surface area contributed by atoms with Crippen LogP contribution in [0.4, 0.5) is 0 Å². The van der Waals surface area contributed by atoms with Crippen molar-refractivity contribution in [2.24, 2.45) is 5.92 Å². The van der Waals surface area contributed by atoms with Crippen LogP contribution in [0.3, 0.4) is 0 Å². The lowest BCUT2D eigenvalue weighted by Gasteiger charge is -2.24. The van der Waals surface area contributed by atoms with Crippen molar-refractivity contribution in [1.29, 1.82) is 0 Å². The molecule has 0 fully saturated rings. The minimum absolute atomic E-state index is 0.500. The summed E-state index contributed by atoms with van der Waals surface area (Å²) in [5.41, 5.74) is 5.82. The van der Waals surface area contributed by atoms with Crippen LogP contribution < -0.4 is 0 Å². The molecular formula is C21H19NS. The van der Waals surface area contributed by atoms with E-state index in [1.165, 1.54) is 41.0 Å². The van der Waals surface area contributed by atoms with Crippen molar-refractivity contribution in [3.63, 3.8) is 0 Å². The van der Waals surface area contributed by atoms with Crippen LogP contribution in [-0.4, -0.2) is 10.3 Å². The summed E-state index contributed by atoms with van der Waals surface area (Å²) in [5.74, 6) is 0.618. The van der Waals surface area contributed by atoms with Crippen molar-refractivity contribution in [3.05, 3.63) is 77.9 Å². The Morgan fingerprint density at radius 1 is 0.957 bits per heavy atom. The summed E-state index contributed by atoms with van der Waals surface area (Å²) >= 11 is 1.92. The van der Waals surface area contributed by atoms with Crippen molar-refractivity contribution < 1.29 is 0 Å². The van der Waals surface area contributed by atoms with E-state index < -0.39 is 0 Å². The summed E-state index contributed by atoms with van der Waals surface area (Å²) in [6, 6.07) is 20.4. The molecular weight excluding hydrogens is 298 g/mol. The van der Waals surface area contributed by atoms with Gasteiger partial charge in [0.2, 0.25) is 0 Å². The number of allylic oxidation sites excluding steroid dienone is 1. The van der Waals surface area contributed by atoms with Crippen LogP contribution in [0, 0.1) is 5.92 Å². The SMILES string of the molecule is C1=C[C@H]2[C@@H](CCC1)C(c1ccccc1)=C1c3ccccc3SN12. The molecule has 0 bridgehead atoms. The van der Waals surface area contributed by atoms with Crippen molar-refractivity contribution in [2.75, 3.05) is 0 Å². The van der Waals surface area contributed by atoms with Gasteiger partial charge in [0.1, 0.15) is 0 Å². The molecule has 3 aliphatic rings. The highest BCUT2D eigenvalue weighted by Crippen LogP contribution is 2.57. The maximum absolute atomic E-state index is 2.57. The summed E-state index contributed by atoms with van der Waals surface area (Å²) in [7, 11) is 0. The Kier molecular flexibility index (Phi) is 3.12. The highest BCUT2D eigenvalue weighted by molar-refractivity contribution is 7.97. The quantitative estimate of drug-likeness (QED) is 0.496. The van der Waals surface area contributed by atoms with E-state index in [0.29, 0.717) is 12.0 Å². The molecule has 0 unspecified atom stereocenters. The normalized spacial score (nSPS) is 25.1. The molecule has 2 aromatic rings. The van der Waals surface area contributed by atoms with E-state index in [4.69, 9.17) is 0 Å². The molecule has 2 atom stereocenters. The van der Waals surface area contributed by atoms with Crippen molar-refractivity contribution in [3.8, 4) is 0 Å². The second kappa shape index (κ2) is 5.31. The number of nitrogens with zero attached hydrogens (tertiary/aromatic N) is 1. The van der Waals surface area contributed by atoms with Gasteiger partial charge in [-0.3, -0.25) is 0 Å². The Bertz CT molecular complexity index is 806. The predicted molar refractivity (Wildman–Crippen MR) is 97.7 cm³/mol. The maximum Gasteiger partial charge on any atom is 0.0659 e. The first-order chi connectivity index (χ1) is 11.4. The Labute approximate surface area is 141 Å². The Balaban J connectivity index is 1.75. The third-order valence-corrected chi connectivity index (χ3v) is 6.35. The topological polar surface area (TPSA) is 3.24 Å².